The van der Waals surface area contributed by atoms with Crippen LogP contribution in [0.25, 0.3) is 0 Å². The van der Waals surface area contributed by atoms with Crippen molar-refractivity contribution in [1.29, 1.82) is 0 Å². The molecule has 0 aliphatic carbocycles. The monoisotopic (exact) mass is 437 g/mol. The highest BCUT2D eigenvalue weighted by atomic mass is 16.6. The lowest BCUT2D eigenvalue weighted by molar-refractivity contribution is -0.384. The lowest BCUT2D eigenvalue weighted by Crippen LogP contribution is -2.60. The number of benzene rings is 1. The molecule has 164 valence electrons. The Morgan fingerprint density at radius 3 is 2.66 bits per heavy atom. The van der Waals surface area contributed by atoms with Gasteiger partial charge in [-0.25, -0.2) is 0 Å². The van der Waals surface area contributed by atoms with E-state index in [9.17, 15) is 19.7 Å². The first-order valence-corrected chi connectivity index (χ1v) is 9.91. The van der Waals surface area contributed by atoms with Gasteiger partial charge in [-0.1, -0.05) is 17.3 Å². The smallest absolute Gasteiger partial charge is 0.287 e. The van der Waals surface area contributed by atoms with Crippen molar-refractivity contribution < 1.29 is 23.8 Å². The Labute approximate surface area is 181 Å². The number of amides is 2. The van der Waals surface area contributed by atoms with E-state index in [1.807, 2.05) is 0 Å². The molecule has 0 N–H and O–H groups in total. The van der Waals surface area contributed by atoms with Crippen LogP contribution in [0.1, 0.15) is 32.1 Å². The first-order valence-electron chi connectivity index (χ1n) is 9.91. The van der Waals surface area contributed by atoms with Gasteiger partial charge in [0, 0.05) is 24.7 Å². The van der Waals surface area contributed by atoms with Crippen LogP contribution >= 0.6 is 0 Å². The zero-order valence-electron chi connectivity index (χ0n) is 17.3. The Bertz CT molecular complexity index is 1250. The summed E-state index contributed by atoms with van der Waals surface area (Å²) in [4.78, 5) is 41.0. The minimum atomic E-state index is -1.18. The molecular formula is C21H19N5O6. The van der Waals surface area contributed by atoms with Gasteiger partial charge in [0.1, 0.15) is 23.3 Å². The van der Waals surface area contributed by atoms with E-state index in [0.29, 0.717) is 22.6 Å². The maximum absolute atomic E-state index is 13.6. The molecule has 1 unspecified atom stereocenters. The number of hydrogen-bond acceptors (Lipinski definition) is 7. The fourth-order valence-corrected chi connectivity index (χ4v) is 4.61. The number of nitrogens with zero attached hydrogens (tertiary/aromatic N) is 5. The van der Waals surface area contributed by atoms with Gasteiger partial charge >= 0.3 is 0 Å². The number of methoxy groups -OCH3 is 1. The number of ether oxygens (including phenoxy) is 1. The number of rotatable bonds is 4. The molecule has 3 aromatic rings. The third-order valence-corrected chi connectivity index (χ3v) is 6.17. The van der Waals surface area contributed by atoms with Gasteiger partial charge in [-0.05, 0) is 19.1 Å². The quantitative estimate of drug-likeness (QED) is 0.452. The summed E-state index contributed by atoms with van der Waals surface area (Å²) < 4.78 is 11.8. The normalized spacial score (nSPS) is 19.6. The highest BCUT2D eigenvalue weighted by molar-refractivity contribution is 5.99. The second-order valence-corrected chi connectivity index (χ2v) is 7.74. The number of aromatic nitrogens is 2. The van der Waals surface area contributed by atoms with Crippen LogP contribution in [0.15, 0.2) is 47.3 Å². The number of carbonyl (C=O) groups excluding carboxylic acids is 2. The van der Waals surface area contributed by atoms with Gasteiger partial charge < -0.3 is 23.6 Å². The molecule has 1 atom stereocenters. The second-order valence-electron chi connectivity index (χ2n) is 7.74. The van der Waals surface area contributed by atoms with Crippen LogP contribution in [0, 0.1) is 17.0 Å². The molecule has 0 radical (unpaired) electrons. The summed E-state index contributed by atoms with van der Waals surface area (Å²) in [5, 5.41) is 15.1. The molecular weight excluding hydrogens is 418 g/mol. The van der Waals surface area contributed by atoms with E-state index >= 15 is 0 Å². The lowest BCUT2D eigenvalue weighted by atomic mass is 9.93. The molecule has 1 saturated heterocycles. The number of fused-ring (bicyclic) bond motifs is 2. The van der Waals surface area contributed by atoms with E-state index in [0.717, 1.165) is 0 Å². The Morgan fingerprint density at radius 2 is 2.03 bits per heavy atom. The van der Waals surface area contributed by atoms with Gasteiger partial charge in [0.25, 0.3) is 17.5 Å². The summed E-state index contributed by atoms with van der Waals surface area (Å²) in [5.74, 6) is -0.0839. The fourth-order valence-electron chi connectivity index (χ4n) is 4.61. The van der Waals surface area contributed by atoms with Crippen LogP contribution < -0.4 is 4.74 Å². The average Bonchev–Trinajstić information content (AvgIpc) is 3.50. The van der Waals surface area contributed by atoms with E-state index in [1.165, 1.54) is 18.5 Å². The van der Waals surface area contributed by atoms with Crippen molar-refractivity contribution in [2.45, 2.75) is 19.1 Å². The summed E-state index contributed by atoms with van der Waals surface area (Å²) in [7, 11) is 1.55. The SMILES string of the molecule is COc1ccc(C23Cn4cc([N+](=O)[O-])cc4C(=O)N2CCN3C(=O)c2conc2C)cc1. The second kappa shape index (κ2) is 6.94. The summed E-state index contributed by atoms with van der Waals surface area (Å²) in [5.41, 5.74) is 0.301. The third-order valence-electron chi connectivity index (χ3n) is 6.17. The first kappa shape index (κ1) is 19.8. The summed E-state index contributed by atoms with van der Waals surface area (Å²) in [6.07, 6.45) is 2.63. The van der Waals surface area contributed by atoms with Crippen molar-refractivity contribution in [1.82, 2.24) is 19.5 Å². The standard InChI is InChI=1S/C21H19N5O6/c1-13-17(11-32-22-13)19(27)24-7-8-25-20(28)18-9-15(26(29)30)10-23(18)12-21(24,25)14-3-5-16(31-2)6-4-14/h3-6,9-11H,7-8,12H2,1-2H3. The molecule has 4 heterocycles. The molecule has 2 aliphatic heterocycles. The average molecular weight is 437 g/mol. The molecule has 11 nitrogen and oxygen atoms in total. The van der Waals surface area contributed by atoms with Gasteiger partial charge in [-0.15, -0.1) is 0 Å². The van der Waals surface area contributed by atoms with Crippen molar-refractivity contribution in [2.75, 3.05) is 20.2 Å². The van der Waals surface area contributed by atoms with Crippen molar-refractivity contribution in [3.8, 4) is 5.75 Å². The van der Waals surface area contributed by atoms with Crippen molar-refractivity contribution in [2.24, 2.45) is 0 Å². The first-order chi connectivity index (χ1) is 15.4. The van der Waals surface area contributed by atoms with Gasteiger partial charge in [0.2, 0.25) is 0 Å². The summed E-state index contributed by atoms with van der Waals surface area (Å²) in [6, 6.07) is 8.38. The zero-order valence-corrected chi connectivity index (χ0v) is 17.3. The molecule has 5 rings (SSSR count). The number of hydrogen-bond donors (Lipinski definition) is 0. The molecule has 0 spiro atoms. The van der Waals surface area contributed by atoms with Gasteiger partial charge in [-0.3, -0.25) is 19.7 Å². The Morgan fingerprint density at radius 1 is 1.28 bits per heavy atom. The molecule has 0 saturated carbocycles. The van der Waals surface area contributed by atoms with E-state index < -0.39 is 10.6 Å². The fraction of sp³-hybridized carbons (Fsp3) is 0.286. The Kier molecular flexibility index (Phi) is 4.29. The number of aryl methyl sites for hydroxylation is 1. The summed E-state index contributed by atoms with van der Waals surface area (Å²) in [6.45, 7) is 2.38. The van der Waals surface area contributed by atoms with Crippen molar-refractivity contribution >= 4 is 17.5 Å². The molecule has 2 aliphatic rings. The van der Waals surface area contributed by atoms with Gasteiger partial charge in [-0.2, -0.15) is 0 Å². The van der Waals surface area contributed by atoms with Crippen LogP contribution in [-0.4, -0.2) is 56.5 Å². The van der Waals surface area contributed by atoms with Gasteiger partial charge in [0.05, 0.1) is 30.5 Å². The predicted molar refractivity (Wildman–Crippen MR) is 109 cm³/mol. The largest absolute Gasteiger partial charge is 0.497 e. The lowest BCUT2D eigenvalue weighted by Gasteiger charge is -2.47. The third kappa shape index (κ3) is 2.63. The Hall–Kier alpha value is -4.15. The predicted octanol–water partition coefficient (Wildman–Crippen LogP) is 2.17. The molecule has 1 fully saturated rings. The highest BCUT2D eigenvalue weighted by Crippen LogP contribution is 2.44. The van der Waals surface area contributed by atoms with Crippen LogP contribution in [-0.2, 0) is 12.2 Å². The van der Waals surface area contributed by atoms with E-state index in [4.69, 9.17) is 9.26 Å². The highest BCUT2D eigenvalue weighted by Gasteiger charge is 2.56. The maximum atomic E-state index is 13.6. The van der Waals surface area contributed by atoms with E-state index in [1.54, 1.807) is 52.7 Å². The Balaban J connectivity index is 1.69. The molecule has 1 aromatic carbocycles. The zero-order chi connectivity index (χ0) is 22.6. The topological polar surface area (TPSA) is 124 Å². The molecule has 2 aromatic heterocycles. The molecule has 11 heteroatoms. The molecule has 32 heavy (non-hydrogen) atoms. The van der Waals surface area contributed by atoms with Crippen molar-refractivity contribution in [3.63, 3.8) is 0 Å². The van der Waals surface area contributed by atoms with Crippen LogP contribution in [0.5, 0.6) is 5.75 Å². The van der Waals surface area contributed by atoms with E-state index in [2.05, 4.69) is 5.16 Å². The minimum absolute atomic E-state index is 0.143. The summed E-state index contributed by atoms with van der Waals surface area (Å²) >= 11 is 0. The maximum Gasteiger partial charge on any atom is 0.287 e. The molecule has 0 bridgehead atoms. The number of carbonyl (C=O) groups is 2. The van der Waals surface area contributed by atoms with E-state index in [-0.39, 0.29) is 42.8 Å². The van der Waals surface area contributed by atoms with Crippen LogP contribution in [0.4, 0.5) is 5.69 Å². The molecule has 2 amide bonds. The van der Waals surface area contributed by atoms with Crippen molar-refractivity contribution in [3.05, 3.63) is 75.4 Å². The minimum Gasteiger partial charge on any atom is -0.497 e. The van der Waals surface area contributed by atoms with Crippen LogP contribution in [0.2, 0.25) is 0 Å². The van der Waals surface area contributed by atoms with Gasteiger partial charge in [0.15, 0.2) is 5.66 Å². The van der Waals surface area contributed by atoms with Crippen LogP contribution in [0.3, 0.4) is 0 Å². The number of nitro groups is 1.